The second-order valence-corrected chi connectivity index (χ2v) is 3.58. The molecule has 0 radical (unpaired) electrons. The molecule has 0 atom stereocenters. The van der Waals surface area contributed by atoms with Crippen LogP contribution in [0.4, 0.5) is 0 Å². The Balaban J connectivity index is 4.47. The molecule has 0 aliphatic rings. The zero-order valence-corrected chi connectivity index (χ0v) is 9.31. The van der Waals surface area contributed by atoms with Gasteiger partial charge in [0.05, 0.1) is 0 Å². The lowest BCUT2D eigenvalue weighted by Crippen LogP contribution is -2.05. The summed E-state index contributed by atoms with van der Waals surface area (Å²) >= 11 is 1.71. The number of rotatable bonds is 6. The summed E-state index contributed by atoms with van der Waals surface area (Å²) in [5.74, 6) is -0.760. The van der Waals surface area contributed by atoms with Gasteiger partial charge in [-0.2, -0.15) is 0 Å². The molecule has 0 aliphatic carbocycles. The number of hydrogen-bond acceptors (Lipinski definition) is 7. The highest BCUT2D eigenvalue weighted by Gasteiger charge is 2.16. The number of carbonyl (C=O) groups is 2. The first-order valence-electron chi connectivity index (χ1n) is 3.60. The van der Waals surface area contributed by atoms with Gasteiger partial charge < -0.3 is 9.99 Å². The van der Waals surface area contributed by atoms with Gasteiger partial charge in [-0.25, -0.2) is 0 Å². The minimum Gasteiger partial charge on any atom is -0.501 e. The zero-order chi connectivity index (χ0) is 11.0. The molecule has 0 rings (SSSR count). The molecule has 0 aliphatic heterocycles. The lowest BCUT2D eigenvalue weighted by atomic mass is 10.4. The van der Waals surface area contributed by atoms with Crippen molar-refractivity contribution in [2.24, 2.45) is 0 Å². The van der Waals surface area contributed by atoms with E-state index in [-0.39, 0.29) is 6.29 Å². The Morgan fingerprint density at radius 2 is 2.21 bits per heavy atom. The first-order valence-corrected chi connectivity index (χ1v) is 5.73. The van der Waals surface area contributed by atoms with Gasteiger partial charge >= 0.3 is 0 Å². The van der Waals surface area contributed by atoms with E-state index in [1.165, 1.54) is 0 Å². The molecule has 0 bridgehead atoms. The van der Waals surface area contributed by atoms with E-state index in [2.05, 4.69) is 9.22 Å². The van der Waals surface area contributed by atoms with Crippen molar-refractivity contribution >= 4 is 35.2 Å². The number of carbonyl (C=O) groups excluding carboxylic acids is 2. The van der Waals surface area contributed by atoms with Gasteiger partial charge in [0.2, 0.25) is 5.76 Å². The van der Waals surface area contributed by atoms with Gasteiger partial charge in [-0.3, -0.25) is 9.59 Å². The van der Waals surface area contributed by atoms with Crippen LogP contribution in [0.5, 0.6) is 0 Å². The highest BCUT2D eigenvalue weighted by atomic mass is 32.2. The van der Waals surface area contributed by atoms with Crippen molar-refractivity contribution in [1.82, 2.24) is 0 Å². The Bertz CT molecular complexity index is 238. The first-order chi connectivity index (χ1) is 6.67. The average molecular weight is 238 g/mol. The molecule has 0 aromatic carbocycles. The van der Waals surface area contributed by atoms with Gasteiger partial charge in [-0.1, -0.05) is 18.7 Å². The van der Waals surface area contributed by atoms with Crippen LogP contribution < -0.4 is 0 Å². The number of hydrogen-bond donors (Lipinski definition) is 1. The van der Waals surface area contributed by atoms with Crippen LogP contribution >= 0.6 is 23.8 Å². The number of aliphatic hydroxyl groups excluding tert-OH is 1. The minimum absolute atomic E-state index is 0.208. The summed E-state index contributed by atoms with van der Waals surface area (Å²) in [5, 5.41) is 8.57. The van der Waals surface area contributed by atoms with Crippen LogP contribution in [0.2, 0.25) is 0 Å². The van der Waals surface area contributed by atoms with E-state index in [0.717, 1.165) is 23.8 Å². The Kier molecular flexibility index (Phi) is 7.35. The van der Waals surface area contributed by atoms with Crippen molar-refractivity contribution in [3.05, 3.63) is 11.5 Å². The lowest BCUT2D eigenvalue weighted by molar-refractivity contribution is -0.158. The van der Waals surface area contributed by atoms with Gasteiger partial charge in [-0.05, 0) is 5.75 Å². The monoisotopic (exact) mass is 238 g/mol. The second-order valence-electron chi connectivity index (χ2n) is 1.87. The molecule has 5 nitrogen and oxygen atoms in total. The van der Waals surface area contributed by atoms with Gasteiger partial charge in [0.25, 0.3) is 10.9 Å². The van der Waals surface area contributed by atoms with Crippen LogP contribution in [0.15, 0.2) is 11.5 Å². The van der Waals surface area contributed by atoms with Crippen LogP contribution in [0, 0.1) is 0 Å². The molecule has 0 saturated carbocycles. The molecule has 0 fully saturated rings. The minimum atomic E-state index is -0.735. The fraction of sp³-hybridized carbons (Fsp3) is 0.429. The molecule has 7 heteroatoms. The van der Waals surface area contributed by atoms with Gasteiger partial charge in [0.1, 0.15) is 0 Å². The average Bonchev–Trinajstić information content (AvgIpc) is 2.19. The fourth-order valence-corrected chi connectivity index (χ4v) is 1.13. The summed E-state index contributed by atoms with van der Waals surface area (Å²) in [5.41, 5.74) is 0. The standard InChI is InChI=1S/C7H10O5S2/c1-3-14-7(10)6(9)5(4-8)11-12-13-2/h4,9H,3H2,1-2H3/b6-5+. The molecular formula is C7H10O5S2. The topological polar surface area (TPSA) is 72.8 Å². The smallest absolute Gasteiger partial charge is 0.257 e. The summed E-state index contributed by atoms with van der Waals surface area (Å²) in [7, 11) is 0. The molecule has 0 aromatic rings. The van der Waals surface area contributed by atoms with Gasteiger partial charge in [-0.15, -0.1) is 4.33 Å². The molecular weight excluding hydrogens is 228 g/mol. The van der Waals surface area contributed by atoms with E-state index in [1.807, 2.05) is 0 Å². The zero-order valence-electron chi connectivity index (χ0n) is 7.68. The number of aliphatic hydroxyl groups is 1. The molecule has 0 saturated heterocycles. The van der Waals surface area contributed by atoms with E-state index < -0.39 is 16.6 Å². The maximum absolute atomic E-state index is 11.1. The molecule has 0 unspecified atom stereocenters. The van der Waals surface area contributed by atoms with Gasteiger partial charge in [0.15, 0.2) is 6.29 Å². The normalized spacial score (nSPS) is 11.9. The third kappa shape index (κ3) is 4.54. The summed E-state index contributed by atoms with van der Waals surface area (Å²) in [6.07, 6.45) is 1.77. The Morgan fingerprint density at radius 1 is 1.57 bits per heavy atom. The predicted molar refractivity (Wildman–Crippen MR) is 54.5 cm³/mol. The highest BCUT2D eigenvalue weighted by molar-refractivity contribution is 8.14. The Hall–Kier alpha value is -0.660. The van der Waals surface area contributed by atoms with Crippen molar-refractivity contribution in [3.63, 3.8) is 0 Å². The lowest BCUT2D eigenvalue weighted by Gasteiger charge is -2.02. The molecule has 1 N–H and O–H groups in total. The quantitative estimate of drug-likeness (QED) is 0.187. The van der Waals surface area contributed by atoms with Crippen LogP contribution in [0.1, 0.15) is 6.92 Å². The molecule has 0 amide bonds. The highest BCUT2D eigenvalue weighted by Crippen LogP contribution is 2.13. The number of thioether (sulfide) groups is 1. The maximum atomic E-state index is 11.1. The Morgan fingerprint density at radius 3 is 2.64 bits per heavy atom. The number of allylic oxidation sites excluding steroid dienone is 1. The molecule has 80 valence electrons. The Labute approximate surface area is 90.0 Å². The second kappa shape index (κ2) is 7.72. The van der Waals surface area contributed by atoms with Crippen molar-refractivity contribution in [1.29, 1.82) is 0 Å². The first kappa shape index (κ1) is 13.3. The van der Waals surface area contributed by atoms with Crippen molar-refractivity contribution in [3.8, 4) is 0 Å². The fourth-order valence-electron chi connectivity index (χ4n) is 0.486. The maximum Gasteiger partial charge on any atom is 0.257 e. The van der Waals surface area contributed by atoms with Crippen LogP contribution in [0.3, 0.4) is 0 Å². The van der Waals surface area contributed by atoms with Crippen molar-refractivity contribution in [2.45, 2.75) is 6.92 Å². The van der Waals surface area contributed by atoms with Gasteiger partial charge in [0, 0.05) is 18.3 Å². The van der Waals surface area contributed by atoms with Crippen molar-refractivity contribution in [2.75, 3.05) is 12.0 Å². The molecule has 0 aromatic heterocycles. The molecule has 14 heavy (non-hydrogen) atoms. The SMILES string of the molecule is CCSC(=O)/C(O)=C(/C=O)OOSC. The van der Waals surface area contributed by atoms with Crippen LogP contribution in [-0.4, -0.2) is 28.5 Å². The van der Waals surface area contributed by atoms with E-state index >= 15 is 0 Å². The summed E-state index contributed by atoms with van der Waals surface area (Å²) in [4.78, 5) is 25.8. The van der Waals surface area contributed by atoms with E-state index in [0.29, 0.717) is 5.75 Å². The summed E-state index contributed by atoms with van der Waals surface area (Å²) in [6.45, 7) is 1.75. The summed E-state index contributed by atoms with van der Waals surface area (Å²) in [6, 6.07) is 0. The van der Waals surface area contributed by atoms with Crippen LogP contribution in [-0.2, 0) is 18.8 Å². The van der Waals surface area contributed by atoms with E-state index in [4.69, 9.17) is 0 Å². The molecule has 0 spiro atoms. The van der Waals surface area contributed by atoms with E-state index in [9.17, 15) is 14.7 Å². The van der Waals surface area contributed by atoms with E-state index in [1.54, 1.807) is 13.2 Å². The largest absolute Gasteiger partial charge is 0.501 e. The summed E-state index contributed by atoms with van der Waals surface area (Å²) < 4.78 is 4.34. The molecule has 0 heterocycles. The van der Waals surface area contributed by atoms with Crippen molar-refractivity contribution < 1.29 is 23.9 Å². The number of aldehydes is 1. The third-order valence-electron chi connectivity index (χ3n) is 1.00. The predicted octanol–water partition coefficient (Wildman–Crippen LogP) is 1.46. The van der Waals surface area contributed by atoms with Crippen LogP contribution in [0.25, 0.3) is 0 Å². The third-order valence-corrected chi connectivity index (χ3v) is 1.95.